The Kier molecular flexibility index (Phi) is 4.26. The van der Waals surface area contributed by atoms with Gasteiger partial charge in [-0.05, 0) is 33.6 Å². The van der Waals surface area contributed by atoms with E-state index < -0.39 is 5.54 Å². The van der Waals surface area contributed by atoms with E-state index in [1.807, 2.05) is 6.92 Å². The first-order valence-corrected chi connectivity index (χ1v) is 7.65. The standard InChI is InChI=1S/C14H22N2O2S/c1-9-11(12(18)16-14(2,3)8-17)19-13(15-9)10-6-4-5-7-10/h10,17H,4-8H2,1-3H3,(H,16,18). The molecule has 0 atom stereocenters. The number of hydrogen-bond acceptors (Lipinski definition) is 4. The molecule has 2 rings (SSSR count). The van der Waals surface area contributed by atoms with Gasteiger partial charge in [0.15, 0.2) is 0 Å². The van der Waals surface area contributed by atoms with Gasteiger partial charge in [-0.1, -0.05) is 12.8 Å². The van der Waals surface area contributed by atoms with Crippen LogP contribution in [0.1, 0.15) is 65.8 Å². The summed E-state index contributed by atoms with van der Waals surface area (Å²) in [5.74, 6) is 0.411. The Bertz CT molecular complexity index is 462. The summed E-state index contributed by atoms with van der Waals surface area (Å²) in [5.41, 5.74) is 0.208. The average Bonchev–Trinajstić information content (AvgIpc) is 2.96. The molecule has 1 aromatic rings. The molecule has 4 nitrogen and oxygen atoms in total. The summed E-state index contributed by atoms with van der Waals surface area (Å²) in [6.45, 7) is 5.42. The highest BCUT2D eigenvalue weighted by Gasteiger charge is 2.26. The van der Waals surface area contributed by atoms with Crippen molar-refractivity contribution in [3.63, 3.8) is 0 Å². The van der Waals surface area contributed by atoms with E-state index in [0.717, 1.165) is 10.7 Å². The second-order valence-corrected chi connectivity index (χ2v) is 6.97. The van der Waals surface area contributed by atoms with E-state index in [9.17, 15) is 9.90 Å². The summed E-state index contributed by atoms with van der Waals surface area (Å²) < 4.78 is 0. The maximum Gasteiger partial charge on any atom is 0.263 e. The number of aryl methyl sites for hydroxylation is 1. The molecule has 106 valence electrons. The number of rotatable bonds is 4. The predicted octanol–water partition coefficient (Wildman–Crippen LogP) is 2.61. The number of nitrogens with zero attached hydrogens (tertiary/aromatic N) is 1. The molecule has 1 aromatic heterocycles. The summed E-state index contributed by atoms with van der Waals surface area (Å²) in [4.78, 5) is 17.5. The van der Waals surface area contributed by atoms with Crippen LogP contribution in [0.2, 0.25) is 0 Å². The molecule has 0 aromatic carbocycles. The number of aliphatic hydroxyl groups excluding tert-OH is 1. The Labute approximate surface area is 118 Å². The minimum Gasteiger partial charge on any atom is -0.394 e. The molecule has 1 aliphatic carbocycles. The van der Waals surface area contributed by atoms with Crippen molar-refractivity contribution in [1.29, 1.82) is 0 Å². The smallest absolute Gasteiger partial charge is 0.263 e. The van der Waals surface area contributed by atoms with Crippen LogP contribution in [0, 0.1) is 6.92 Å². The number of nitrogens with one attached hydrogen (secondary N) is 1. The number of amides is 1. The third-order valence-corrected chi connectivity index (χ3v) is 4.89. The van der Waals surface area contributed by atoms with E-state index in [0.29, 0.717) is 10.8 Å². The molecule has 1 aliphatic rings. The molecule has 0 aliphatic heterocycles. The van der Waals surface area contributed by atoms with E-state index in [4.69, 9.17) is 0 Å². The molecular weight excluding hydrogens is 260 g/mol. The van der Waals surface area contributed by atoms with Gasteiger partial charge in [0.05, 0.1) is 22.8 Å². The molecule has 1 saturated carbocycles. The third kappa shape index (κ3) is 3.34. The van der Waals surface area contributed by atoms with Crippen molar-refractivity contribution in [3.05, 3.63) is 15.6 Å². The zero-order valence-electron chi connectivity index (χ0n) is 11.8. The van der Waals surface area contributed by atoms with E-state index in [2.05, 4.69) is 10.3 Å². The zero-order valence-corrected chi connectivity index (χ0v) is 12.6. The van der Waals surface area contributed by atoms with Crippen LogP contribution >= 0.6 is 11.3 Å². The molecule has 0 unspecified atom stereocenters. The van der Waals surface area contributed by atoms with Gasteiger partial charge in [-0.2, -0.15) is 0 Å². The van der Waals surface area contributed by atoms with Crippen LogP contribution in [0.25, 0.3) is 0 Å². The molecule has 5 heteroatoms. The lowest BCUT2D eigenvalue weighted by Gasteiger charge is -2.23. The molecule has 19 heavy (non-hydrogen) atoms. The van der Waals surface area contributed by atoms with Crippen LogP contribution in [0.15, 0.2) is 0 Å². The van der Waals surface area contributed by atoms with Crippen LogP contribution in [0.3, 0.4) is 0 Å². The van der Waals surface area contributed by atoms with Crippen molar-refractivity contribution in [3.8, 4) is 0 Å². The number of aromatic nitrogens is 1. The molecule has 1 fully saturated rings. The lowest BCUT2D eigenvalue weighted by molar-refractivity contribution is 0.0872. The summed E-state index contributed by atoms with van der Waals surface area (Å²) in [5, 5.41) is 13.2. The zero-order chi connectivity index (χ0) is 14.0. The Morgan fingerprint density at radius 1 is 1.47 bits per heavy atom. The van der Waals surface area contributed by atoms with Gasteiger partial charge in [-0.25, -0.2) is 4.98 Å². The average molecular weight is 282 g/mol. The first-order valence-electron chi connectivity index (χ1n) is 6.83. The largest absolute Gasteiger partial charge is 0.394 e. The molecule has 0 radical (unpaired) electrons. The molecule has 1 heterocycles. The number of carbonyl (C=O) groups is 1. The molecule has 0 spiro atoms. The predicted molar refractivity (Wildman–Crippen MR) is 76.7 cm³/mol. The molecule has 0 saturated heterocycles. The fraction of sp³-hybridized carbons (Fsp3) is 0.714. The summed E-state index contributed by atoms with van der Waals surface area (Å²) in [6, 6.07) is 0. The summed E-state index contributed by atoms with van der Waals surface area (Å²) in [7, 11) is 0. The summed E-state index contributed by atoms with van der Waals surface area (Å²) in [6.07, 6.45) is 4.91. The second kappa shape index (κ2) is 5.59. The van der Waals surface area contributed by atoms with Crippen molar-refractivity contribution in [2.75, 3.05) is 6.61 Å². The van der Waals surface area contributed by atoms with E-state index in [-0.39, 0.29) is 12.5 Å². The minimum atomic E-state index is -0.596. The quantitative estimate of drug-likeness (QED) is 0.892. The Balaban J connectivity index is 2.14. The first kappa shape index (κ1) is 14.5. The molecular formula is C14H22N2O2S. The van der Waals surface area contributed by atoms with Gasteiger partial charge >= 0.3 is 0 Å². The van der Waals surface area contributed by atoms with Gasteiger partial charge in [0.2, 0.25) is 0 Å². The normalized spacial score (nSPS) is 16.8. The SMILES string of the molecule is Cc1nc(C2CCCC2)sc1C(=O)NC(C)(C)CO. The van der Waals surface area contributed by atoms with Crippen LogP contribution in [0.4, 0.5) is 0 Å². The third-order valence-electron chi connectivity index (χ3n) is 3.57. The van der Waals surface area contributed by atoms with Gasteiger partial charge in [-0.3, -0.25) is 4.79 Å². The topological polar surface area (TPSA) is 62.2 Å². The van der Waals surface area contributed by atoms with Crippen LogP contribution in [0.5, 0.6) is 0 Å². The van der Waals surface area contributed by atoms with Crippen molar-refractivity contribution in [2.45, 2.75) is 57.9 Å². The van der Waals surface area contributed by atoms with E-state index >= 15 is 0 Å². The summed E-state index contributed by atoms with van der Waals surface area (Å²) >= 11 is 1.51. The number of hydrogen-bond donors (Lipinski definition) is 2. The van der Waals surface area contributed by atoms with Crippen LogP contribution < -0.4 is 5.32 Å². The number of thiazole rings is 1. The fourth-order valence-electron chi connectivity index (χ4n) is 2.38. The van der Waals surface area contributed by atoms with Gasteiger partial charge in [-0.15, -0.1) is 11.3 Å². The van der Waals surface area contributed by atoms with Gasteiger partial charge < -0.3 is 10.4 Å². The highest BCUT2D eigenvalue weighted by atomic mass is 32.1. The maximum absolute atomic E-state index is 12.2. The van der Waals surface area contributed by atoms with Crippen LogP contribution in [-0.2, 0) is 0 Å². The fourth-order valence-corrected chi connectivity index (χ4v) is 3.51. The Hall–Kier alpha value is -0.940. The van der Waals surface area contributed by atoms with E-state index in [1.165, 1.54) is 37.0 Å². The second-order valence-electron chi connectivity index (χ2n) is 5.94. The molecule has 1 amide bonds. The van der Waals surface area contributed by atoms with Crippen molar-refractivity contribution in [2.24, 2.45) is 0 Å². The lowest BCUT2D eigenvalue weighted by atomic mass is 10.1. The molecule has 0 bridgehead atoms. The maximum atomic E-state index is 12.2. The Morgan fingerprint density at radius 2 is 2.11 bits per heavy atom. The van der Waals surface area contributed by atoms with Gasteiger partial charge in [0, 0.05) is 5.92 Å². The van der Waals surface area contributed by atoms with Crippen molar-refractivity contribution in [1.82, 2.24) is 10.3 Å². The van der Waals surface area contributed by atoms with Gasteiger partial charge in [0.1, 0.15) is 4.88 Å². The van der Waals surface area contributed by atoms with Crippen molar-refractivity contribution < 1.29 is 9.90 Å². The monoisotopic (exact) mass is 282 g/mol. The highest BCUT2D eigenvalue weighted by Crippen LogP contribution is 2.37. The van der Waals surface area contributed by atoms with Gasteiger partial charge in [0.25, 0.3) is 5.91 Å². The minimum absolute atomic E-state index is 0.0773. The molecule has 2 N–H and O–H groups in total. The first-order chi connectivity index (χ1) is 8.93. The number of carbonyl (C=O) groups excluding carboxylic acids is 1. The number of aliphatic hydroxyl groups is 1. The highest BCUT2D eigenvalue weighted by molar-refractivity contribution is 7.13. The Morgan fingerprint density at radius 3 is 2.68 bits per heavy atom. The van der Waals surface area contributed by atoms with Crippen molar-refractivity contribution >= 4 is 17.2 Å². The van der Waals surface area contributed by atoms with Crippen LogP contribution in [-0.4, -0.2) is 28.1 Å². The van der Waals surface area contributed by atoms with E-state index in [1.54, 1.807) is 13.8 Å². The lowest BCUT2D eigenvalue weighted by Crippen LogP contribution is -2.46.